The van der Waals surface area contributed by atoms with Gasteiger partial charge in [0.25, 0.3) is 0 Å². The second-order valence-electron chi connectivity index (χ2n) is 8.68. The third kappa shape index (κ3) is 3.73. The van der Waals surface area contributed by atoms with Crippen molar-refractivity contribution in [2.75, 3.05) is 7.11 Å². The Balaban J connectivity index is 2.01. The van der Waals surface area contributed by atoms with E-state index in [1.54, 1.807) is 12.1 Å². The van der Waals surface area contributed by atoms with Crippen LogP contribution in [0, 0.1) is 0 Å². The highest BCUT2D eigenvalue weighted by atomic mass is 16.5. The van der Waals surface area contributed by atoms with E-state index in [9.17, 15) is 15.0 Å². The van der Waals surface area contributed by atoms with E-state index in [2.05, 4.69) is 6.08 Å². The van der Waals surface area contributed by atoms with Gasteiger partial charge in [0.15, 0.2) is 17.1 Å². The Bertz CT molecular complexity index is 1340. The Kier molecular flexibility index (Phi) is 5.25. The summed E-state index contributed by atoms with van der Waals surface area (Å²) in [5, 5.41) is 21.7. The zero-order chi connectivity index (χ0) is 23.2. The Hall–Kier alpha value is -3.67. The molecule has 2 aromatic carbocycles. The van der Waals surface area contributed by atoms with Crippen LogP contribution in [0.25, 0.3) is 28.2 Å². The molecule has 4 rings (SSSR count). The first-order valence-corrected chi connectivity index (χ1v) is 10.4. The highest BCUT2D eigenvalue weighted by Crippen LogP contribution is 2.44. The molecule has 0 aliphatic carbocycles. The molecule has 32 heavy (non-hydrogen) atoms. The molecule has 2 heterocycles. The molecule has 3 aromatic rings. The molecule has 0 radical (unpaired) electrons. The molecular formula is C26H26O6. The van der Waals surface area contributed by atoms with Crippen LogP contribution in [0.1, 0.15) is 38.8 Å². The summed E-state index contributed by atoms with van der Waals surface area (Å²) in [6.07, 6.45) is 6.44. The SMILES string of the molecule is COc1ccc(-c2c(O)c3cc(CC=C(C)C)c4c(c3oc2=O)C=CC(C)(C)O4)cc1O. The van der Waals surface area contributed by atoms with Crippen molar-refractivity contribution in [1.29, 1.82) is 0 Å². The molecular weight excluding hydrogens is 408 g/mol. The molecule has 166 valence electrons. The molecule has 1 aliphatic heterocycles. The van der Waals surface area contributed by atoms with Crippen LogP contribution in [0.5, 0.6) is 23.0 Å². The largest absolute Gasteiger partial charge is 0.506 e. The van der Waals surface area contributed by atoms with Crippen LogP contribution in [-0.4, -0.2) is 22.9 Å². The zero-order valence-electron chi connectivity index (χ0n) is 18.8. The van der Waals surface area contributed by atoms with Crippen LogP contribution in [0.4, 0.5) is 0 Å². The Morgan fingerprint density at radius 3 is 2.59 bits per heavy atom. The highest BCUT2D eigenvalue weighted by molar-refractivity contribution is 5.97. The number of allylic oxidation sites excluding steroid dienone is 2. The smallest absolute Gasteiger partial charge is 0.348 e. The van der Waals surface area contributed by atoms with Crippen LogP contribution < -0.4 is 15.1 Å². The van der Waals surface area contributed by atoms with Gasteiger partial charge < -0.3 is 24.1 Å². The lowest BCUT2D eigenvalue weighted by Gasteiger charge is -2.30. The fourth-order valence-corrected chi connectivity index (χ4v) is 3.81. The monoisotopic (exact) mass is 434 g/mol. The summed E-state index contributed by atoms with van der Waals surface area (Å²) in [5.74, 6) is 0.554. The molecule has 0 amide bonds. The predicted molar refractivity (Wildman–Crippen MR) is 125 cm³/mol. The van der Waals surface area contributed by atoms with Crippen molar-refractivity contribution in [1.82, 2.24) is 0 Å². The Morgan fingerprint density at radius 1 is 1.19 bits per heavy atom. The molecule has 6 nitrogen and oxygen atoms in total. The number of fused-ring (bicyclic) bond motifs is 3. The van der Waals surface area contributed by atoms with Crippen molar-refractivity contribution in [2.24, 2.45) is 0 Å². The summed E-state index contributed by atoms with van der Waals surface area (Å²) in [6.45, 7) is 7.94. The van der Waals surface area contributed by atoms with Gasteiger partial charge in [0.2, 0.25) is 0 Å². The van der Waals surface area contributed by atoms with Gasteiger partial charge in [-0.2, -0.15) is 0 Å². The number of aromatic hydroxyl groups is 2. The van der Waals surface area contributed by atoms with Gasteiger partial charge in [-0.05, 0) is 75.6 Å². The minimum absolute atomic E-state index is 0.0235. The first kappa shape index (κ1) is 21.6. The van der Waals surface area contributed by atoms with Crippen molar-refractivity contribution in [3.63, 3.8) is 0 Å². The number of phenolic OH excluding ortho intramolecular Hbond substituents is 1. The van der Waals surface area contributed by atoms with Crippen LogP contribution in [0.3, 0.4) is 0 Å². The van der Waals surface area contributed by atoms with Crippen LogP contribution in [0.2, 0.25) is 0 Å². The van der Waals surface area contributed by atoms with Crippen molar-refractivity contribution in [3.05, 3.63) is 63.5 Å². The molecule has 2 N–H and O–H groups in total. The molecule has 0 saturated carbocycles. The second kappa shape index (κ2) is 7.79. The van der Waals surface area contributed by atoms with Gasteiger partial charge in [-0.25, -0.2) is 4.79 Å². The lowest BCUT2D eigenvalue weighted by Crippen LogP contribution is -2.28. The number of methoxy groups -OCH3 is 1. The van der Waals surface area contributed by atoms with E-state index in [4.69, 9.17) is 13.9 Å². The highest BCUT2D eigenvalue weighted by Gasteiger charge is 2.28. The minimum atomic E-state index is -0.711. The van der Waals surface area contributed by atoms with Crippen molar-refractivity contribution in [2.45, 2.75) is 39.7 Å². The molecule has 6 heteroatoms. The summed E-state index contributed by atoms with van der Waals surface area (Å²) in [5.41, 5.74) is 1.99. The number of rotatable bonds is 4. The fourth-order valence-electron chi connectivity index (χ4n) is 3.81. The fraction of sp³-hybridized carbons (Fsp3) is 0.269. The molecule has 0 spiro atoms. The third-order valence-electron chi connectivity index (χ3n) is 5.45. The van der Waals surface area contributed by atoms with Crippen molar-refractivity contribution >= 4 is 17.0 Å². The Morgan fingerprint density at radius 2 is 1.94 bits per heavy atom. The first-order valence-electron chi connectivity index (χ1n) is 10.4. The van der Waals surface area contributed by atoms with Gasteiger partial charge in [-0.15, -0.1) is 0 Å². The first-order chi connectivity index (χ1) is 15.1. The summed E-state index contributed by atoms with van der Waals surface area (Å²) in [6, 6.07) is 6.28. The summed E-state index contributed by atoms with van der Waals surface area (Å²) < 4.78 is 17.0. The van der Waals surface area contributed by atoms with Crippen LogP contribution in [0.15, 0.2) is 51.2 Å². The average Bonchev–Trinajstić information content (AvgIpc) is 2.71. The maximum atomic E-state index is 12.9. The molecule has 0 atom stereocenters. The maximum absolute atomic E-state index is 12.9. The lowest BCUT2D eigenvalue weighted by molar-refractivity contribution is 0.157. The third-order valence-corrected chi connectivity index (χ3v) is 5.45. The van der Waals surface area contributed by atoms with E-state index in [0.29, 0.717) is 28.7 Å². The second-order valence-corrected chi connectivity index (χ2v) is 8.68. The standard InChI is InChI=1S/C26H26O6/c1-14(2)6-7-16-12-18-22(28)21(15-8-9-20(30-5)19(27)13-15)25(29)31-24(18)17-10-11-26(3,4)32-23(16)17/h6,8-13,27-28H,7H2,1-5H3. The normalized spacial score (nSPS) is 14.0. The summed E-state index contributed by atoms with van der Waals surface area (Å²) in [4.78, 5) is 12.9. The van der Waals surface area contributed by atoms with Crippen molar-refractivity contribution in [3.8, 4) is 34.1 Å². The van der Waals surface area contributed by atoms with Crippen LogP contribution in [-0.2, 0) is 6.42 Å². The van der Waals surface area contributed by atoms with E-state index < -0.39 is 11.2 Å². The lowest BCUT2D eigenvalue weighted by atomic mass is 9.94. The molecule has 1 aromatic heterocycles. The quantitative estimate of drug-likeness (QED) is 0.412. The van der Waals surface area contributed by atoms with Gasteiger partial charge in [0, 0.05) is 0 Å². The number of benzene rings is 2. The van der Waals surface area contributed by atoms with E-state index in [1.807, 2.05) is 39.8 Å². The van der Waals surface area contributed by atoms with Gasteiger partial charge in [-0.1, -0.05) is 17.7 Å². The molecule has 1 aliphatic rings. The van der Waals surface area contributed by atoms with E-state index in [0.717, 1.165) is 11.1 Å². The van der Waals surface area contributed by atoms with Gasteiger partial charge in [0.1, 0.15) is 22.7 Å². The number of hydrogen-bond donors (Lipinski definition) is 2. The van der Waals surface area contributed by atoms with Gasteiger partial charge in [0.05, 0.1) is 18.1 Å². The number of ether oxygens (including phenoxy) is 2. The minimum Gasteiger partial charge on any atom is -0.506 e. The van der Waals surface area contributed by atoms with Crippen LogP contribution >= 0.6 is 0 Å². The molecule has 0 unspecified atom stereocenters. The summed E-state index contributed by atoms with van der Waals surface area (Å²) >= 11 is 0. The Labute approximate surface area is 186 Å². The topological polar surface area (TPSA) is 89.1 Å². The predicted octanol–water partition coefficient (Wildman–Crippen LogP) is 5.57. The average molecular weight is 434 g/mol. The van der Waals surface area contributed by atoms with Crippen molar-refractivity contribution < 1.29 is 24.1 Å². The number of hydrogen-bond acceptors (Lipinski definition) is 6. The maximum Gasteiger partial charge on any atom is 0.348 e. The molecule has 0 bridgehead atoms. The van der Waals surface area contributed by atoms with E-state index in [1.165, 1.54) is 19.2 Å². The summed E-state index contributed by atoms with van der Waals surface area (Å²) in [7, 11) is 1.44. The van der Waals surface area contributed by atoms with E-state index in [-0.39, 0.29) is 28.4 Å². The molecule has 0 fully saturated rings. The van der Waals surface area contributed by atoms with Gasteiger partial charge in [-0.3, -0.25) is 0 Å². The molecule has 0 saturated heterocycles. The number of phenols is 1. The van der Waals surface area contributed by atoms with E-state index >= 15 is 0 Å². The zero-order valence-corrected chi connectivity index (χ0v) is 18.8. The van der Waals surface area contributed by atoms with Gasteiger partial charge >= 0.3 is 5.63 Å².